The molecule has 22 heavy (non-hydrogen) atoms. The van der Waals surface area contributed by atoms with E-state index in [1.165, 1.54) is 4.68 Å². The van der Waals surface area contributed by atoms with E-state index in [0.29, 0.717) is 17.1 Å². The fourth-order valence-electron chi connectivity index (χ4n) is 1.95. The number of carboxylic acids is 1. The zero-order valence-corrected chi connectivity index (χ0v) is 12.9. The zero-order valence-electron chi connectivity index (χ0n) is 12.1. The van der Waals surface area contributed by atoms with E-state index < -0.39 is 27.4 Å². The molecule has 9 heteroatoms. The summed E-state index contributed by atoms with van der Waals surface area (Å²) < 4.78 is 41.9. The fourth-order valence-corrected chi connectivity index (χ4v) is 3.15. The van der Waals surface area contributed by atoms with Crippen LogP contribution in [0.1, 0.15) is 21.7 Å². The van der Waals surface area contributed by atoms with E-state index in [1.807, 2.05) is 0 Å². The number of rotatable bonds is 4. The number of hydrogen-bond acceptors (Lipinski definition) is 4. The van der Waals surface area contributed by atoms with Gasteiger partial charge in [0.05, 0.1) is 27.5 Å². The number of aryl methyl sites for hydroxylation is 2. The normalized spacial score (nSPS) is 11.5. The van der Waals surface area contributed by atoms with Crippen LogP contribution in [0.3, 0.4) is 0 Å². The molecule has 118 valence electrons. The van der Waals surface area contributed by atoms with Crippen LogP contribution >= 0.6 is 0 Å². The van der Waals surface area contributed by atoms with Crippen molar-refractivity contribution in [1.82, 2.24) is 9.78 Å². The number of aromatic nitrogens is 2. The summed E-state index contributed by atoms with van der Waals surface area (Å²) in [5.74, 6) is -2.54. The highest BCUT2D eigenvalue weighted by molar-refractivity contribution is 7.92. The minimum Gasteiger partial charge on any atom is -0.478 e. The SMILES string of the molecule is Cc1nn(C)c(C)c1NS(=O)(=O)c1ccc(F)c(C(=O)O)c1. The summed E-state index contributed by atoms with van der Waals surface area (Å²) >= 11 is 0. The van der Waals surface area contributed by atoms with Crippen LogP contribution in [0.25, 0.3) is 0 Å². The summed E-state index contributed by atoms with van der Waals surface area (Å²) in [7, 11) is -2.38. The van der Waals surface area contributed by atoms with E-state index in [-0.39, 0.29) is 4.90 Å². The first-order valence-corrected chi connectivity index (χ1v) is 7.67. The van der Waals surface area contributed by atoms with Crippen molar-refractivity contribution in [3.63, 3.8) is 0 Å². The third kappa shape index (κ3) is 2.80. The van der Waals surface area contributed by atoms with Crippen molar-refractivity contribution >= 4 is 21.7 Å². The van der Waals surface area contributed by atoms with Gasteiger partial charge in [0.1, 0.15) is 5.82 Å². The van der Waals surface area contributed by atoms with Gasteiger partial charge in [-0.1, -0.05) is 0 Å². The quantitative estimate of drug-likeness (QED) is 0.889. The van der Waals surface area contributed by atoms with Gasteiger partial charge in [-0.2, -0.15) is 5.10 Å². The second kappa shape index (κ2) is 5.41. The number of anilines is 1. The highest BCUT2D eigenvalue weighted by Gasteiger charge is 2.22. The predicted molar refractivity (Wildman–Crippen MR) is 76.8 cm³/mol. The van der Waals surface area contributed by atoms with Gasteiger partial charge >= 0.3 is 5.97 Å². The van der Waals surface area contributed by atoms with Gasteiger partial charge in [0.15, 0.2) is 0 Å². The van der Waals surface area contributed by atoms with E-state index in [2.05, 4.69) is 9.82 Å². The Kier molecular flexibility index (Phi) is 3.92. The molecule has 0 radical (unpaired) electrons. The van der Waals surface area contributed by atoms with Gasteiger partial charge in [0.2, 0.25) is 0 Å². The molecule has 0 unspecified atom stereocenters. The Morgan fingerprint density at radius 1 is 1.36 bits per heavy atom. The molecule has 0 atom stereocenters. The molecule has 0 aliphatic rings. The Morgan fingerprint density at radius 2 is 2.00 bits per heavy atom. The number of benzene rings is 1. The number of nitrogens with one attached hydrogen (secondary N) is 1. The molecule has 0 aliphatic carbocycles. The lowest BCUT2D eigenvalue weighted by atomic mass is 10.2. The summed E-state index contributed by atoms with van der Waals surface area (Å²) in [6.07, 6.45) is 0. The third-order valence-electron chi connectivity index (χ3n) is 3.22. The minimum absolute atomic E-state index is 0.309. The van der Waals surface area contributed by atoms with Gasteiger partial charge in [-0.05, 0) is 32.0 Å². The summed E-state index contributed by atoms with van der Waals surface area (Å²) in [5, 5.41) is 13.0. The number of nitrogens with zero attached hydrogens (tertiary/aromatic N) is 2. The molecule has 2 rings (SSSR count). The molecule has 0 amide bonds. The summed E-state index contributed by atoms with van der Waals surface area (Å²) in [4.78, 5) is 10.6. The largest absolute Gasteiger partial charge is 0.478 e. The smallest absolute Gasteiger partial charge is 0.338 e. The summed E-state index contributed by atoms with van der Waals surface area (Å²) in [5.41, 5.74) is 0.678. The maximum Gasteiger partial charge on any atom is 0.338 e. The van der Waals surface area contributed by atoms with Crippen molar-refractivity contribution < 1.29 is 22.7 Å². The van der Waals surface area contributed by atoms with Gasteiger partial charge in [-0.25, -0.2) is 17.6 Å². The average molecular weight is 327 g/mol. The number of carbonyl (C=O) groups is 1. The second-order valence-corrected chi connectivity index (χ2v) is 6.40. The maximum absolute atomic E-state index is 13.4. The van der Waals surface area contributed by atoms with Crippen LogP contribution in [-0.4, -0.2) is 29.3 Å². The molecule has 2 aromatic rings. The van der Waals surface area contributed by atoms with Gasteiger partial charge in [0, 0.05) is 7.05 Å². The Hall–Kier alpha value is -2.42. The first kappa shape index (κ1) is 16.0. The molecule has 1 aromatic carbocycles. The van der Waals surface area contributed by atoms with Gasteiger partial charge in [-0.3, -0.25) is 9.40 Å². The number of hydrogen-bond donors (Lipinski definition) is 2. The van der Waals surface area contributed by atoms with Crippen LogP contribution in [-0.2, 0) is 17.1 Å². The number of halogens is 1. The first-order valence-electron chi connectivity index (χ1n) is 6.19. The van der Waals surface area contributed by atoms with Crippen LogP contribution < -0.4 is 4.72 Å². The predicted octanol–water partition coefficient (Wildman–Crippen LogP) is 1.68. The second-order valence-electron chi connectivity index (χ2n) is 4.72. The number of carboxylic acid groups (broad SMARTS) is 1. The van der Waals surface area contributed by atoms with Crippen molar-refractivity contribution in [3.8, 4) is 0 Å². The topological polar surface area (TPSA) is 101 Å². The average Bonchev–Trinajstić information content (AvgIpc) is 2.65. The lowest BCUT2D eigenvalue weighted by Crippen LogP contribution is -2.15. The molecule has 1 heterocycles. The highest BCUT2D eigenvalue weighted by atomic mass is 32.2. The van der Waals surface area contributed by atoms with E-state index in [1.54, 1.807) is 20.9 Å². The molecular weight excluding hydrogens is 313 g/mol. The molecule has 0 saturated heterocycles. The van der Waals surface area contributed by atoms with Crippen molar-refractivity contribution in [2.75, 3.05) is 4.72 Å². The number of aromatic carboxylic acids is 1. The summed E-state index contributed by atoms with van der Waals surface area (Å²) in [6, 6.07) is 2.59. The standard InChI is InChI=1S/C13H14FN3O4S/c1-7-12(8(2)17(3)15-7)16-22(20,21)9-4-5-11(14)10(6-9)13(18)19/h4-6,16H,1-3H3,(H,18,19). The van der Waals surface area contributed by atoms with Gasteiger partial charge < -0.3 is 5.11 Å². The zero-order chi connectivity index (χ0) is 16.7. The molecular formula is C13H14FN3O4S. The third-order valence-corrected chi connectivity index (χ3v) is 4.57. The molecule has 0 aliphatic heterocycles. The molecule has 0 spiro atoms. The van der Waals surface area contributed by atoms with Crippen molar-refractivity contribution in [2.45, 2.75) is 18.7 Å². The van der Waals surface area contributed by atoms with Crippen LogP contribution in [0.2, 0.25) is 0 Å². The Morgan fingerprint density at radius 3 is 2.50 bits per heavy atom. The maximum atomic E-state index is 13.4. The van der Waals surface area contributed by atoms with Crippen LogP contribution in [0.4, 0.5) is 10.1 Å². The van der Waals surface area contributed by atoms with Gasteiger partial charge in [0.25, 0.3) is 10.0 Å². The molecule has 0 bridgehead atoms. The molecule has 1 aromatic heterocycles. The summed E-state index contributed by atoms with van der Waals surface area (Å²) in [6.45, 7) is 3.32. The minimum atomic E-state index is -4.05. The van der Waals surface area contributed by atoms with Crippen LogP contribution in [0.15, 0.2) is 23.1 Å². The Bertz CT molecular complexity index is 858. The monoisotopic (exact) mass is 327 g/mol. The van der Waals surface area contributed by atoms with Crippen LogP contribution in [0.5, 0.6) is 0 Å². The Balaban J connectivity index is 2.47. The molecule has 2 N–H and O–H groups in total. The van der Waals surface area contributed by atoms with Crippen molar-refractivity contribution in [1.29, 1.82) is 0 Å². The lowest BCUT2D eigenvalue weighted by Gasteiger charge is -2.09. The van der Waals surface area contributed by atoms with E-state index in [4.69, 9.17) is 5.11 Å². The highest BCUT2D eigenvalue weighted by Crippen LogP contribution is 2.23. The van der Waals surface area contributed by atoms with Crippen molar-refractivity contribution in [3.05, 3.63) is 41.0 Å². The van der Waals surface area contributed by atoms with E-state index in [0.717, 1.165) is 18.2 Å². The fraction of sp³-hybridized carbons (Fsp3) is 0.231. The Labute approximate surface area is 126 Å². The molecule has 7 nitrogen and oxygen atoms in total. The molecule has 0 saturated carbocycles. The molecule has 0 fully saturated rings. The van der Waals surface area contributed by atoms with Crippen molar-refractivity contribution in [2.24, 2.45) is 7.05 Å². The number of sulfonamides is 1. The van der Waals surface area contributed by atoms with E-state index in [9.17, 15) is 17.6 Å². The lowest BCUT2D eigenvalue weighted by molar-refractivity contribution is 0.0691. The van der Waals surface area contributed by atoms with Crippen LogP contribution in [0, 0.1) is 19.7 Å². The van der Waals surface area contributed by atoms with E-state index >= 15 is 0 Å². The van der Waals surface area contributed by atoms with Gasteiger partial charge in [-0.15, -0.1) is 0 Å². The first-order chi connectivity index (χ1) is 10.1.